The van der Waals surface area contributed by atoms with Gasteiger partial charge in [0.1, 0.15) is 6.04 Å². The minimum atomic E-state index is -1.09. The molecule has 26 heavy (non-hydrogen) atoms. The molecule has 0 bridgehead atoms. The molecular formula is C16H20N4O6. The third-order valence-corrected chi connectivity index (χ3v) is 4.00. The van der Waals surface area contributed by atoms with Crippen molar-refractivity contribution in [1.29, 1.82) is 0 Å². The number of carboxylic acids is 1. The Labute approximate surface area is 149 Å². The van der Waals surface area contributed by atoms with Crippen LogP contribution in [0.25, 0.3) is 0 Å². The number of amides is 3. The van der Waals surface area contributed by atoms with Crippen molar-refractivity contribution in [2.24, 2.45) is 0 Å². The number of benzene rings is 1. The number of rotatable bonds is 8. The molecule has 3 N–H and O–H groups in total. The highest BCUT2D eigenvalue weighted by Crippen LogP contribution is 2.28. The van der Waals surface area contributed by atoms with Gasteiger partial charge in [-0.1, -0.05) is 12.1 Å². The summed E-state index contributed by atoms with van der Waals surface area (Å²) >= 11 is 0. The van der Waals surface area contributed by atoms with Crippen LogP contribution in [0, 0.1) is 10.1 Å². The van der Waals surface area contributed by atoms with E-state index < -0.39 is 28.9 Å². The van der Waals surface area contributed by atoms with E-state index >= 15 is 0 Å². The molecule has 1 aromatic carbocycles. The number of nitro benzene ring substituents is 1. The molecule has 0 aliphatic heterocycles. The van der Waals surface area contributed by atoms with Gasteiger partial charge in [0.15, 0.2) is 0 Å². The number of carboxylic acid groups (broad SMARTS) is 1. The van der Waals surface area contributed by atoms with Crippen molar-refractivity contribution in [1.82, 2.24) is 15.5 Å². The standard InChI is InChI=1S/C16H20N4O6/c1-10(15(22)23)19(12-6-7-12)14(21)9-18-16(24)17-8-11-2-4-13(5-3-11)20(25)26/h2-5,10,12H,6-9H2,1H3,(H,22,23)(H2,17,18,24). The summed E-state index contributed by atoms with van der Waals surface area (Å²) in [7, 11) is 0. The summed E-state index contributed by atoms with van der Waals surface area (Å²) in [6.07, 6.45) is 1.52. The molecule has 0 radical (unpaired) electrons. The number of aliphatic carboxylic acids is 1. The first-order chi connectivity index (χ1) is 12.3. The molecule has 0 aromatic heterocycles. The van der Waals surface area contributed by atoms with Gasteiger partial charge in [-0.25, -0.2) is 9.59 Å². The van der Waals surface area contributed by atoms with Gasteiger partial charge < -0.3 is 20.6 Å². The van der Waals surface area contributed by atoms with E-state index in [0.29, 0.717) is 5.56 Å². The highest BCUT2D eigenvalue weighted by atomic mass is 16.6. The minimum Gasteiger partial charge on any atom is -0.480 e. The number of hydrogen-bond donors (Lipinski definition) is 3. The van der Waals surface area contributed by atoms with E-state index in [1.54, 1.807) is 0 Å². The zero-order chi connectivity index (χ0) is 19.3. The summed E-state index contributed by atoms with van der Waals surface area (Å²) in [5.41, 5.74) is 0.618. The van der Waals surface area contributed by atoms with Crippen molar-refractivity contribution in [3.8, 4) is 0 Å². The van der Waals surface area contributed by atoms with Crippen molar-refractivity contribution in [3.05, 3.63) is 39.9 Å². The smallest absolute Gasteiger partial charge is 0.326 e. The number of nitrogens with one attached hydrogen (secondary N) is 2. The molecule has 1 fully saturated rings. The lowest BCUT2D eigenvalue weighted by Crippen LogP contribution is -2.49. The number of nitrogens with zero attached hydrogens (tertiary/aromatic N) is 2. The zero-order valence-corrected chi connectivity index (χ0v) is 14.2. The summed E-state index contributed by atoms with van der Waals surface area (Å²) in [6.45, 7) is 1.27. The number of nitro groups is 1. The number of urea groups is 1. The lowest BCUT2D eigenvalue weighted by atomic mass is 10.2. The van der Waals surface area contributed by atoms with Gasteiger partial charge in [-0.15, -0.1) is 0 Å². The second-order valence-electron chi connectivity index (χ2n) is 6.01. The molecule has 10 nitrogen and oxygen atoms in total. The Morgan fingerprint density at radius 1 is 1.27 bits per heavy atom. The summed E-state index contributed by atoms with van der Waals surface area (Å²) < 4.78 is 0. The van der Waals surface area contributed by atoms with E-state index in [1.165, 1.54) is 36.1 Å². The Morgan fingerprint density at radius 3 is 2.38 bits per heavy atom. The van der Waals surface area contributed by atoms with Gasteiger partial charge in [0.25, 0.3) is 5.69 Å². The fourth-order valence-electron chi connectivity index (χ4n) is 2.44. The van der Waals surface area contributed by atoms with Crippen LogP contribution in [0.15, 0.2) is 24.3 Å². The Hall–Kier alpha value is -3.17. The number of non-ortho nitro benzene ring substituents is 1. The van der Waals surface area contributed by atoms with Gasteiger partial charge in [0.2, 0.25) is 5.91 Å². The molecule has 0 spiro atoms. The first-order valence-electron chi connectivity index (χ1n) is 8.08. The summed E-state index contributed by atoms with van der Waals surface area (Å²) in [5.74, 6) is -1.54. The summed E-state index contributed by atoms with van der Waals surface area (Å²) in [5, 5.41) is 24.6. The van der Waals surface area contributed by atoms with E-state index in [1.807, 2.05) is 0 Å². The minimum absolute atomic E-state index is 0.0449. The van der Waals surface area contributed by atoms with Crippen LogP contribution < -0.4 is 10.6 Å². The molecule has 1 aromatic rings. The molecule has 1 aliphatic carbocycles. The Morgan fingerprint density at radius 2 is 1.88 bits per heavy atom. The predicted molar refractivity (Wildman–Crippen MR) is 90.3 cm³/mol. The van der Waals surface area contributed by atoms with Crippen LogP contribution >= 0.6 is 0 Å². The lowest BCUT2D eigenvalue weighted by Gasteiger charge is -2.26. The van der Waals surface area contributed by atoms with E-state index in [-0.39, 0.29) is 24.8 Å². The van der Waals surface area contributed by atoms with Crippen LogP contribution in [0.2, 0.25) is 0 Å². The molecule has 0 saturated heterocycles. The zero-order valence-electron chi connectivity index (χ0n) is 14.2. The van der Waals surface area contributed by atoms with Crippen LogP contribution in [0.3, 0.4) is 0 Å². The van der Waals surface area contributed by atoms with Gasteiger partial charge in [-0.3, -0.25) is 14.9 Å². The summed E-state index contributed by atoms with van der Waals surface area (Å²) in [6, 6.07) is 4.09. The van der Waals surface area contributed by atoms with Crippen molar-refractivity contribution in [2.75, 3.05) is 6.54 Å². The fraction of sp³-hybridized carbons (Fsp3) is 0.438. The van der Waals surface area contributed by atoms with Crippen LogP contribution in [0.4, 0.5) is 10.5 Å². The quantitative estimate of drug-likeness (QED) is 0.461. The Kier molecular flexibility index (Phi) is 6.10. The van der Waals surface area contributed by atoms with Crippen LogP contribution in [0.1, 0.15) is 25.3 Å². The van der Waals surface area contributed by atoms with Gasteiger partial charge in [-0.05, 0) is 25.3 Å². The van der Waals surface area contributed by atoms with Crippen molar-refractivity contribution in [2.45, 2.75) is 38.4 Å². The average molecular weight is 364 g/mol. The molecule has 1 atom stereocenters. The van der Waals surface area contributed by atoms with Crippen LogP contribution in [-0.4, -0.2) is 51.5 Å². The highest BCUT2D eigenvalue weighted by Gasteiger charge is 2.38. The molecular weight excluding hydrogens is 344 g/mol. The maximum Gasteiger partial charge on any atom is 0.326 e. The van der Waals surface area contributed by atoms with Crippen LogP contribution in [0.5, 0.6) is 0 Å². The van der Waals surface area contributed by atoms with Gasteiger partial charge in [0, 0.05) is 24.7 Å². The molecule has 10 heteroatoms. The lowest BCUT2D eigenvalue weighted by molar-refractivity contribution is -0.384. The van der Waals surface area contributed by atoms with E-state index in [0.717, 1.165) is 12.8 Å². The van der Waals surface area contributed by atoms with E-state index in [4.69, 9.17) is 5.11 Å². The molecule has 2 rings (SSSR count). The number of carbonyl (C=O) groups excluding carboxylic acids is 2. The SMILES string of the molecule is CC(C(=O)O)N(C(=O)CNC(=O)NCc1ccc([N+](=O)[O-])cc1)C1CC1. The maximum atomic E-state index is 12.2. The molecule has 1 unspecified atom stereocenters. The van der Waals surface area contributed by atoms with Gasteiger partial charge in [0.05, 0.1) is 11.5 Å². The molecule has 140 valence electrons. The average Bonchev–Trinajstić information content (AvgIpc) is 3.43. The second kappa shape index (κ2) is 8.28. The largest absolute Gasteiger partial charge is 0.480 e. The van der Waals surface area contributed by atoms with Crippen molar-refractivity contribution < 1.29 is 24.4 Å². The van der Waals surface area contributed by atoms with Crippen molar-refractivity contribution in [3.63, 3.8) is 0 Å². The topological polar surface area (TPSA) is 142 Å². The molecule has 1 saturated carbocycles. The predicted octanol–water partition coefficient (Wildman–Crippen LogP) is 0.858. The van der Waals surface area contributed by atoms with Crippen LogP contribution in [-0.2, 0) is 16.1 Å². The third kappa shape index (κ3) is 5.16. The van der Waals surface area contributed by atoms with Crippen molar-refractivity contribution >= 4 is 23.6 Å². The fourth-order valence-corrected chi connectivity index (χ4v) is 2.44. The third-order valence-electron chi connectivity index (χ3n) is 4.00. The van der Waals surface area contributed by atoms with E-state index in [9.17, 15) is 24.5 Å². The number of hydrogen-bond acceptors (Lipinski definition) is 5. The Balaban J connectivity index is 1.79. The molecule has 1 aliphatic rings. The molecule has 3 amide bonds. The number of carbonyl (C=O) groups is 3. The summed E-state index contributed by atoms with van der Waals surface area (Å²) in [4.78, 5) is 46.5. The first-order valence-corrected chi connectivity index (χ1v) is 8.08. The van der Waals surface area contributed by atoms with Gasteiger partial charge >= 0.3 is 12.0 Å². The Bertz CT molecular complexity index is 701. The normalized spacial score (nSPS) is 14.2. The van der Waals surface area contributed by atoms with E-state index in [2.05, 4.69) is 10.6 Å². The highest BCUT2D eigenvalue weighted by molar-refractivity contribution is 5.87. The monoisotopic (exact) mass is 364 g/mol. The maximum absolute atomic E-state index is 12.2. The first kappa shape index (κ1) is 19.2. The molecule has 0 heterocycles. The second-order valence-corrected chi connectivity index (χ2v) is 6.01. The van der Waals surface area contributed by atoms with Gasteiger partial charge in [-0.2, -0.15) is 0 Å².